The van der Waals surface area contributed by atoms with Crippen LogP contribution in [0.25, 0.3) is 0 Å². The maximum absolute atomic E-state index is 10.3. The van der Waals surface area contributed by atoms with E-state index in [9.17, 15) is 10.2 Å². The first-order valence-electron chi connectivity index (χ1n) is 21.3. The Kier molecular flexibility index (Phi) is 13.2. The first kappa shape index (κ1) is 43.4. The van der Waals surface area contributed by atoms with Crippen LogP contribution in [0.3, 0.4) is 0 Å². The van der Waals surface area contributed by atoms with Gasteiger partial charge in [-0.2, -0.15) is 0 Å². The van der Waals surface area contributed by atoms with Crippen LogP contribution >= 0.6 is 0 Å². The van der Waals surface area contributed by atoms with Crippen LogP contribution in [-0.4, -0.2) is 36.6 Å². The molecule has 0 spiro atoms. The third-order valence-electron chi connectivity index (χ3n) is 12.8. The third-order valence-corrected chi connectivity index (χ3v) is 12.8. The molecule has 308 valence electrons. The maximum Gasteiger partial charge on any atom is 0.127 e. The number of aliphatic hydroxyl groups is 2. The van der Waals surface area contributed by atoms with Gasteiger partial charge in [-0.25, -0.2) is 0 Å². The van der Waals surface area contributed by atoms with E-state index in [1.807, 2.05) is 0 Å². The minimum Gasteiger partial charge on any atom is -0.491 e. The molecule has 0 saturated carbocycles. The third kappa shape index (κ3) is 8.76. The highest BCUT2D eigenvalue weighted by molar-refractivity contribution is 5.62. The number of aliphatic hydroxyl groups excluding tert-OH is 2. The summed E-state index contributed by atoms with van der Waals surface area (Å²) in [5.74, 6) is 1.39. The van der Waals surface area contributed by atoms with Gasteiger partial charge in [0.15, 0.2) is 0 Å². The molecule has 0 fully saturated rings. The van der Waals surface area contributed by atoms with Gasteiger partial charge >= 0.3 is 0 Å². The summed E-state index contributed by atoms with van der Waals surface area (Å²) < 4.78 is 13.7. The van der Waals surface area contributed by atoms with Crippen molar-refractivity contribution in [2.24, 2.45) is 0 Å². The smallest absolute Gasteiger partial charge is 0.127 e. The second-order valence-corrected chi connectivity index (χ2v) is 18.0. The van der Waals surface area contributed by atoms with Crippen LogP contribution in [-0.2, 0) is 21.7 Å². The summed E-state index contributed by atoms with van der Waals surface area (Å²) in [5, 5.41) is 20.6. The normalized spacial score (nSPS) is 12.5. The van der Waals surface area contributed by atoms with Crippen molar-refractivity contribution in [2.75, 3.05) is 26.4 Å². The summed E-state index contributed by atoms with van der Waals surface area (Å²) in [6, 6.07) is 52.1. The topological polar surface area (TPSA) is 58.9 Å². The molecule has 0 radical (unpaired) electrons. The largest absolute Gasteiger partial charge is 0.491 e. The molecule has 59 heavy (non-hydrogen) atoms. The summed E-state index contributed by atoms with van der Waals surface area (Å²) in [7, 11) is 0. The van der Waals surface area contributed by atoms with Gasteiger partial charge in [-0.1, -0.05) is 208 Å². The number of ether oxygens (including phenoxy) is 2. The predicted octanol–water partition coefficient (Wildman–Crippen LogP) is 12.3. The molecule has 6 rings (SSSR count). The van der Waals surface area contributed by atoms with E-state index in [1.165, 1.54) is 33.4 Å². The van der Waals surface area contributed by atoms with Crippen LogP contribution < -0.4 is 9.47 Å². The second-order valence-electron chi connectivity index (χ2n) is 18.0. The highest BCUT2D eigenvalue weighted by Gasteiger charge is 2.38. The number of rotatable bonds is 17. The molecule has 6 aromatic carbocycles. The van der Waals surface area contributed by atoms with Gasteiger partial charge in [0.25, 0.3) is 0 Å². The van der Waals surface area contributed by atoms with Gasteiger partial charge in [0, 0.05) is 49.8 Å². The molecule has 0 aromatic heterocycles. The Hall–Kier alpha value is -5.16. The molecular formula is C55H64O4. The molecule has 0 atom stereocenters. The maximum atomic E-state index is 10.3. The Morgan fingerprint density at radius 1 is 0.407 bits per heavy atom. The Morgan fingerprint density at radius 3 is 0.966 bits per heavy atom. The summed E-state index contributed by atoms with van der Waals surface area (Å²) in [6.07, 6.45) is 0.742. The van der Waals surface area contributed by atoms with E-state index >= 15 is 0 Å². The molecule has 0 aliphatic heterocycles. The summed E-state index contributed by atoms with van der Waals surface area (Å²) >= 11 is 0. The van der Waals surface area contributed by atoms with Crippen molar-refractivity contribution in [2.45, 2.75) is 96.3 Å². The average Bonchev–Trinajstić information content (AvgIpc) is 3.26. The zero-order valence-electron chi connectivity index (χ0n) is 36.7. The van der Waals surface area contributed by atoms with Gasteiger partial charge in [0.2, 0.25) is 0 Å². The van der Waals surface area contributed by atoms with Crippen LogP contribution in [0.2, 0.25) is 0 Å². The second kappa shape index (κ2) is 18.0. The predicted molar refractivity (Wildman–Crippen MR) is 244 cm³/mol. The fraction of sp³-hybridized carbons (Fsp3) is 0.345. The Morgan fingerprint density at radius 2 is 0.695 bits per heavy atom. The van der Waals surface area contributed by atoms with Crippen molar-refractivity contribution in [3.05, 3.63) is 201 Å². The average molecular weight is 789 g/mol. The van der Waals surface area contributed by atoms with Gasteiger partial charge in [-0.15, -0.1) is 0 Å². The van der Waals surface area contributed by atoms with Gasteiger partial charge in [0.05, 0.1) is 13.2 Å². The first-order valence-corrected chi connectivity index (χ1v) is 21.3. The highest BCUT2D eigenvalue weighted by Crippen LogP contribution is 2.51. The quantitative estimate of drug-likeness (QED) is 0.0966. The monoisotopic (exact) mass is 788 g/mol. The molecule has 0 heterocycles. The lowest BCUT2D eigenvalue weighted by Crippen LogP contribution is -2.27. The van der Waals surface area contributed by atoms with E-state index in [1.54, 1.807) is 0 Å². The van der Waals surface area contributed by atoms with E-state index in [0.29, 0.717) is 0 Å². The summed E-state index contributed by atoms with van der Waals surface area (Å²) in [4.78, 5) is 0. The molecule has 0 aliphatic carbocycles. The van der Waals surface area contributed by atoms with Gasteiger partial charge < -0.3 is 19.7 Å². The minimum absolute atomic E-state index is 0.111. The lowest BCUT2D eigenvalue weighted by atomic mass is 9.69. The van der Waals surface area contributed by atoms with E-state index in [2.05, 4.69) is 208 Å². The fourth-order valence-corrected chi connectivity index (χ4v) is 8.76. The van der Waals surface area contributed by atoms with Crippen LogP contribution in [0.15, 0.2) is 146 Å². The van der Waals surface area contributed by atoms with Crippen LogP contribution in [0.5, 0.6) is 11.5 Å². The van der Waals surface area contributed by atoms with Gasteiger partial charge in [-0.05, 0) is 39.8 Å². The van der Waals surface area contributed by atoms with Crippen LogP contribution in [0.1, 0.15) is 130 Å². The zero-order chi connectivity index (χ0) is 42.4. The van der Waals surface area contributed by atoms with Crippen LogP contribution in [0.4, 0.5) is 0 Å². The highest BCUT2D eigenvalue weighted by atomic mass is 16.5. The van der Waals surface area contributed by atoms with Crippen LogP contribution in [0, 0.1) is 0 Å². The molecule has 0 aliphatic rings. The number of hydrogen-bond acceptors (Lipinski definition) is 4. The number of hydrogen-bond donors (Lipinski definition) is 2. The summed E-state index contributed by atoms with van der Waals surface area (Å²) in [6.45, 7) is 20.6. The standard InChI is InChI=1S/C55H64O4/c1-10-45(46-35-43(52(2,3)39-23-15-11-16-24-39)37-48(50(46)58-33-31-56)54(6,7)41-27-19-13-20-28-41)47-36-44(53(4,5)40-25-17-12-18-26-40)38-49(51(47)59-34-32-57)55(8,9)42-29-21-14-22-30-42/h11-30,35-38,45,56-57H,10,31-34H2,1-9H3. The molecule has 2 N–H and O–H groups in total. The molecule has 6 aromatic rings. The van der Waals surface area contributed by atoms with E-state index in [-0.39, 0.29) is 43.2 Å². The van der Waals surface area contributed by atoms with E-state index in [0.717, 1.165) is 40.2 Å². The van der Waals surface area contributed by atoms with Gasteiger partial charge in [0.1, 0.15) is 24.7 Å². The lowest BCUT2D eigenvalue weighted by molar-refractivity contribution is 0.195. The van der Waals surface area contributed by atoms with E-state index in [4.69, 9.17) is 9.47 Å². The van der Waals surface area contributed by atoms with Crippen molar-refractivity contribution in [3.8, 4) is 11.5 Å². The van der Waals surface area contributed by atoms with Crippen molar-refractivity contribution in [1.82, 2.24) is 0 Å². The molecule has 0 amide bonds. The first-order chi connectivity index (χ1) is 28.2. The minimum atomic E-state index is -0.463. The Bertz CT molecular complexity index is 2110. The molecule has 4 nitrogen and oxygen atoms in total. The molecular weight excluding hydrogens is 725 g/mol. The SMILES string of the molecule is CCC(c1cc(C(C)(C)c2ccccc2)cc(C(C)(C)c2ccccc2)c1OCCO)c1cc(C(C)(C)c2ccccc2)cc(C(C)(C)c2ccccc2)c1OCCO. The molecule has 0 saturated heterocycles. The van der Waals surface area contributed by atoms with Crippen molar-refractivity contribution >= 4 is 0 Å². The molecule has 4 heteroatoms. The van der Waals surface area contributed by atoms with Gasteiger partial charge in [-0.3, -0.25) is 0 Å². The van der Waals surface area contributed by atoms with Crippen molar-refractivity contribution < 1.29 is 19.7 Å². The zero-order valence-corrected chi connectivity index (χ0v) is 36.7. The van der Waals surface area contributed by atoms with E-state index < -0.39 is 10.8 Å². The Labute approximate surface area is 353 Å². The lowest BCUT2D eigenvalue weighted by Gasteiger charge is -2.37. The molecule has 0 unspecified atom stereocenters. The van der Waals surface area contributed by atoms with Crippen molar-refractivity contribution in [1.29, 1.82) is 0 Å². The molecule has 0 bridgehead atoms. The Balaban J connectivity index is 1.75. The van der Waals surface area contributed by atoms with Crippen molar-refractivity contribution in [3.63, 3.8) is 0 Å². The summed E-state index contributed by atoms with van der Waals surface area (Å²) in [5.41, 5.74) is 9.72. The fourth-order valence-electron chi connectivity index (χ4n) is 8.76. The number of benzene rings is 6.